The number of anilines is 1. The fourth-order valence-corrected chi connectivity index (χ4v) is 3.95. The summed E-state index contributed by atoms with van der Waals surface area (Å²) in [6.45, 7) is 0.376. The van der Waals surface area contributed by atoms with Gasteiger partial charge in [0, 0.05) is 12.5 Å². The molecule has 1 aromatic carbocycles. The highest BCUT2D eigenvalue weighted by Crippen LogP contribution is 2.42. The van der Waals surface area contributed by atoms with Crippen molar-refractivity contribution in [1.82, 2.24) is 10.0 Å². The van der Waals surface area contributed by atoms with E-state index in [9.17, 15) is 18.0 Å². The quantitative estimate of drug-likeness (QED) is 0.468. The van der Waals surface area contributed by atoms with Crippen molar-refractivity contribution in [1.29, 1.82) is 0 Å². The standard InChI is InChI=1S/C16H20N4O4S/c17-16-9-11(16)5-3-4-8-18-14(21)10-19-12-6-1-2-7-13(12)25(23,24)20-15(16)22/h1-3,5-7,11,19H,4,8-10,17H2,(H,18,21)(H,20,22)/t11-,16-/m1/s1. The van der Waals surface area contributed by atoms with Gasteiger partial charge in [-0.25, -0.2) is 13.1 Å². The van der Waals surface area contributed by atoms with Crippen LogP contribution in [0.3, 0.4) is 0 Å². The first kappa shape index (κ1) is 17.4. The number of hydrogen-bond acceptors (Lipinski definition) is 6. The number of hydrogen-bond donors (Lipinski definition) is 4. The molecule has 8 nitrogen and oxygen atoms in total. The van der Waals surface area contributed by atoms with Crippen LogP contribution < -0.4 is 21.1 Å². The van der Waals surface area contributed by atoms with E-state index < -0.39 is 21.5 Å². The van der Waals surface area contributed by atoms with Crippen molar-refractivity contribution in [3.05, 3.63) is 36.4 Å². The number of carbonyl (C=O) groups is 2. The Morgan fingerprint density at radius 3 is 2.72 bits per heavy atom. The van der Waals surface area contributed by atoms with Crippen molar-refractivity contribution >= 4 is 27.5 Å². The summed E-state index contributed by atoms with van der Waals surface area (Å²) in [6, 6.07) is 6.07. The predicted molar refractivity (Wildman–Crippen MR) is 92.1 cm³/mol. The second-order valence-electron chi connectivity index (χ2n) is 6.20. The van der Waals surface area contributed by atoms with E-state index in [1.54, 1.807) is 18.2 Å². The third kappa shape index (κ3) is 3.67. The maximum Gasteiger partial charge on any atom is 0.266 e. The average molecular weight is 364 g/mol. The number of sulfonamides is 1. The first-order valence-electron chi connectivity index (χ1n) is 7.95. The van der Waals surface area contributed by atoms with E-state index in [2.05, 4.69) is 15.4 Å². The summed E-state index contributed by atoms with van der Waals surface area (Å²) in [5, 5.41) is 5.53. The molecule has 0 unspecified atom stereocenters. The number of carbonyl (C=O) groups excluding carboxylic acids is 2. The second kappa shape index (κ2) is 6.49. The van der Waals surface area contributed by atoms with Crippen molar-refractivity contribution in [3.8, 4) is 0 Å². The topological polar surface area (TPSA) is 130 Å². The number of rotatable bonds is 0. The molecule has 9 heteroatoms. The molecule has 0 aromatic heterocycles. The first-order valence-corrected chi connectivity index (χ1v) is 9.44. The SMILES string of the molecule is N[C@]12C[C@H]1C=CCCNC(=O)CNc1ccccc1S(=O)(=O)NC2=O. The van der Waals surface area contributed by atoms with Crippen LogP contribution in [-0.4, -0.2) is 38.9 Å². The molecular formula is C16H20N4O4S. The molecular weight excluding hydrogens is 344 g/mol. The van der Waals surface area contributed by atoms with Crippen LogP contribution in [0.2, 0.25) is 0 Å². The molecule has 2 amide bonds. The van der Waals surface area contributed by atoms with Crippen LogP contribution in [0.4, 0.5) is 5.69 Å². The number of benzene rings is 1. The Hall–Kier alpha value is -2.39. The van der Waals surface area contributed by atoms with Gasteiger partial charge >= 0.3 is 0 Å². The zero-order valence-corrected chi connectivity index (χ0v) is 14.3. The summed E-state index contributed by atoms with van der Waals surface area (Å²) >= 11 is 0. The number of nitrogens with two attached hydrogens (primary N) is 1. The van der Waals surface area contributed by atoms with Crippen LogP contribution in [0.1, 0.15) is 12.8 Å². The minimum absolute atomic E-state index is 0.0757. The zero-order chi connectivity index (χ0) is 18.1. The molecule has 0 bridgehead atoms. The maximum atomic E-state index is 12.6. The van der Waals surface area contributed by atoms with Crippen LogP contribution in [0.5, 0.6) is 0 Å². The van der Waals surface area contributed by atoms with Crippen LogP contribution in [0, 0.1) is 5.92 Å². The van der Waals surface area contributed by atoms with Gasteiger partial charge in [-0.2, -0.15) is 0 Å². The van der Waals surface area contributed by atoms with E-state index in [1.165, 1.54) is 12.1 Å². The summed E-state index contributed by atoms with van der Waals surface area (Å²) in [5.41, 5.74) is 5.05. The molecule has 1 fully saturated rings. The third-order valence-corrected chi connectivity index (χ3v) is 5.72. The molecule has 0 spiro atoms. The van der Waals surface area contributed by atoms with Crippen LogP contribution in [-0.2, 0) is 19.6 Å². The molecule has 1 aromatic rings. The number of fused-ring (bicyclic) bond motifs is 2. The Kier molecular flexibility index (Phi) is 4.53. The largest absolute Gasteiger partial charge is 0.375 e. The van der Waals surface area contributed by atoms with E-state index >= 15 is 0 Å². The Balaban J connectivity index is 1.92. The van der Waals surface area contributed by atoms with Crippen molar-refractivity contribution in [2.75, 3.05) is 18.4 Å². The summed E-state index contributed by atoms with van der Waals surface area (Å²) in [5.74, 6) is -1.18. The van der Waals surface area contributed by atoms with Gasteiger partial charge in [0.05, 0.1) is 12.2 Å². The molecule has 2 aliphatic rings. The van der Waals surface area contributed by atoms with Gasteiger partial charge in [0.2, 0.25) is 5.91 Å². The number of nitrogens with one attached hydrogen (secondary N) is 3. The van der Waals surface area contributed by atoms with E-state index in [1.807, 2.05) is 6.08 Å². The fraction of sp³-hybridized carbons (Fsp3) is 0.375. The van der Waals surface area contributed by atoms with Gasteiger partial charge in [-0.3, -0.25) is 9.59 Å². The van der Waals surface area contributed by atoms with E-state index in [0.717, 1.165) is 0 Å². The minimum atomic E-state index is -4.11. The number of para-hydroxylation sites is 1. The molecule has 2 atom stereocenters. The van der Waals surface area contributed by atoms with Gasteiger partial charge in [0.15, 0.2) is 0 Å². The third-order valence-electron chi connectivity index (χ3n) is 4.33. The van der Waals surface area contributed by atoms with Crippen LogP contribution in [0.15, 0.2) is 41.3 Å². The lowest BCUT2D eigenvalue weighted by Crippen LogP contribution is -2.46. The lowest BCUT2D eigenvalue weighted by atomic mass is 10.2. The lowest BCUT2D eigenvalue weighted by molar-refractivity contribution is -0.121. The Morgan fingerprint density at radius 2 is 1.92 bits per heavy atom. The number of amides is 2. The predicted octanol–water partition coefficient (Wildman–Crippen LogP) is -0.303. The summed E-state index contributed by atoms with van der Waals surface area (Å²) in [4.78, 5) is 24.1. The van der Waals surface area contributed by atoms with Crippen molar-refractivity contribution in [2.45, 2.75) is 23.3 Å². The molecule has 1 aliphatic heterocycles. The van der Waals surface area contributed by atoms with Gasteiger partial charge in [-0.05, 0) is 25.0 Å². The smallest absolute Gasteiger partial charge is 0.266 e. The van der Waals surface area contributed by atoms with Gasteiger partial charge in [-0.1, -0.05) is 24.3 Å². The molecule has 25 heavy (non-hydrogen) atoms. The zero-order valence-electron chi connectivity index (χ0n) is 13.5. The van der Waals surface area contributed by atoms with Crippen molar-refractivity contribution in [2.24, 2.45) is 11.7 Å². The molecule has 0 radical (unpaired) electrons. The molecule has 134 valence electrons. The van der Waals surface area contributed by atoms with Gasteiger partial charge in [0.1, 0.15) is 10.4 Å². The van der Waals surface area contributed by atoms with Crippen molar-refractivity contribution in [3.63, 3.8) is 0 Å². The maximum absolute atomic E-state index is 12.6. The lowest BCUT2D eigenvalue weighted by Gasteiger charge is -2.15. The molecule has 0 saturated heterocycles. The fourth-order valence-electron chi connectivity index (χ4n) is 2.72. The second-order valence-corrected chi connectivity index (χ2v) is 7.85. The highest BCUT2D eigenvalue weighted by molar-refractivity contribution is 7.90. The minimum Gasteiger partial charge on any atom is -0.375 e. The highest BCUT2D eigenvalue weighted by Gasteiger charge is 2.56. The summed E-state index contributed by atoms with van der Waals surface area (Å²) < 4.78 is 27.2. The van der Waals surface area contributed by atoms with Gasteiger partial charge in [0.25, 0.3) is 15.9 Å². The van der Waals surface area contributed by atoms with E-state index in [4.69, 9.17) is 5.73 Å². The monoisotopic (exact) mass is 364 g/mol. The van der Waals surface area contributed by atoms with Crippen LogP contribution >= 0.6 is 0 Å². The normalized spacial score (nSPS) is 28.9. The van der Waals surface area contributed by atoms with Crippen molar-refractivity contribution < 1.29 is 18.0 Å². The highest BCUT2D eigenvalue weighted by atomic mass is 32.2. The summed E-state index contributed by atoms with van der Waals surface area (Å²) in [7, 11) is -4.11. The van der Waals surface area contributed by atoms with Gasteiger partial charge < -0.3 is 16.4 Å². The van der Waals surface area contributed by atoms with Crippen LogP contribution in [0.25, 0.3) is 0 Å². The molecule has 1 heterocycles. The van der Waals surface area contributed by atoms with E-state index in [-0.39, 0.29) is 29.0 Å². The van der Waals surface area contributed by atoms with Gasteiger partial charge in [-0.15, -0.1) is 0 Å². The van der Waals surface area contributed by atoms with E-state index in [0.29, 0.717) is 19.4 Å². The first-order chi connectivity index (χ1) is 11.8. The molecule has 5 N–H and O–H groups in total. The molecule has 3 rings (SSSR count). The average Bonchev–Trinajstić information content (AvgIpc) is 3.23. The summed E-state index contributed by atoms with van der Waals surface area (Å²) in [6.07, 6.45) is 4.62. The Bertz CT molecular complexity index is 836. The Labute approximate surface area is 145 Å². The molecule has 1 aliphatic carbocycles. The molecule has 1 saturated carbocycles. The Morgan fingerprint density at radius 1 is 1.16 bits per heavy atom.